The van der Waals surface area contributed by atoms with Crippen LogP contribution < -0.4 is 16.2 Å². The largest absolute Gasteiger partial charge is 0.326 e. The first-order valence-corrected chi connectivity index (χ1v) is 10.5. The van der Waals surface area contributed by atoms with Gasteiger partial charge in [0.05, 0.1) is 11.5 Å². The molecule has 9 heteroatoms. The topological polar surface area (TPSA) is 104 Å². The van der Waals surface area contributed by atoms with Crippen LogP contribution in [0.4, 0.5) is 11.5 Å². The third-order valence-electron chi connectivity index (χ3n) is 4.58. The van der Waals surface area contributed by atoms with Gasteiger partial charge >= 0.3 is 0 Å². The van der Waals surface area contributed by atoms with E-state index in [4.69, 9.17) is 11.6 Å². The van der Waals surface area contributed by atoms with Crippen molar-refractivity contribution in [2.24, 2.45) is 0 Å². The SMILES string of the molecule is O=C1C[C@@H](C(=O)Nc2ccccc2)c2c(nc(SCc3ccc(Cl)cc3)[nH]c2=O)N1. The molecule has 7 nitrogen and oxygen atoms in total. The monoisotopic (exact) mass is 440 g/mol. The van der Waals surface area contributed by atoms with Crippen molar-refractivity contribution in [3.63, 3.8) is 0 Å². The summed E-state index contributed by atoms with van der Waals surface area (Å²) in [5, 5.41) is 6.37. The molecule has 0 aliphatic carbocycles. The van der Waals surface area contributed by atoms with E-state index < -0.39 is 17.4 Å². The molecule has 0 radical (unpaired) electrons. The molecular weight excluding hydrogens is 424 g/mol. The van der Waals surface area contributed by atoms with Gasteiger partial charge in [0.2, 0.25) is 11.8 Å². The number of fused-ring (bicyclic) bond motifs is 1. The third-order valence-corrected chi connectivity index (χ3v) is 5.77. The Kier molecular flexibility index (Phi) is 5.87. The molecule has 2 aromatic carbocycles. The fraction of sp³-hybridized carbons (Fsp3) is 0.143. The maximum Gasteiger partial charge on any atom is 0.257 e. The van der Waals surface area contributed by atoms with E-state index in [1.165, 1.54) is 11.8 Å². The highest BCUT2D eigenvalue weighted by molar-refractivity contribution is 7.98. The number of thioether (sulfide) groups is 1. The van der Waals surface area contributed by atoms with E-state index in [-0.39, 0.29) is 23.7 Å². The van der Waals surface area contributed by atoms with Gasteiger partial charge in [-0.05, 0) is 29.8 Å². The average molecular weight is 441 g/mol. The molecule has 1 aromatic heterocycles. The number of aromatic nitrogens is 2. The van der Waals surface area contributed by atoms with Crippen molar-refractivity contribution < 1.29 is 9.59 Å². The second kappa shape index (κ2) is 8.73. The summed E-state index contributed by atoms with van der Waals surface area (Å²) in [6.45, 7) is 0. The summed E-state index contributed by atoms with van der Waals surface area (Å²) in [5.41, 5.74) is 1.33. The summed E-state index contributed by atoms with van der Waals surface area (Å²) < 4.78 is 0. The number of aromatic amines is 1. The normalized spacial score (nSPS) is 15.2. The molecule has 1 aliphatic rings. The lowest BCUT2D eigenvalue weighted by Gasteiger charge is -2.23. The molecule has 0 unspecified atom stereocenters. The summed E-state index contributed by atoms with van der Waals surface area (Å²) in [5.74, 6) is -1.01. The van der Waals surface area contributed by atoms with Crippen LogP contribution in [0.1, 0.15) is 23.5 Å². The molecule has 1 atom stereocenters. The van der Waals surface area contributed by atoms with Gasteiger partial charge in [-0.3, -0.25) is 14.4 Å². The van der Waals surface area contributed by atoms with Crippen molar-refractivity contribution in [3.05, 3.63) is 81.1 Å². The molecule has 0 fully saturated rings. The average Bonchev–Trinajstić information content (AvgIpc) is 2.73. The smallest absolute Gasteiger partial charge is 0.257 e. The number of halogens is 1. The minimum atomic E-state index is -0.916. The first-order valence-electron chi connectivity index (χ1n) is 9.17. The lowest BCUT2D eigenvalue weighted by Crippen LogP contribution is -2.36. The standard InChI is InChI=1S/C21H17ClN4O3S/c22-13-8-6-12(7-9-13)11-30-21-25-18-17(20(29)26-21)15(10-16(27)24-18)19(28)23-14-4-2-1-3-5-14/h1-9,15H,10-11H2,(H,23,28)(H2,24,25,26,27,29)/t15-/m1/s1. The number of nitrogens with one attached hydrogen (secondary N) is 3. The highest BCUT2D eigenvalue weighted by Crippen LogP contribution is 2.31. The number of nitrogens with zero attached hydrogens (tertiary/aromatic N) is 1. The molecule has 1 aliphatic heterocycles. The second-order valence-corrected chi connectivity index (χ2v) is 8.11. The molecule has 3 N–H and O–H groups in total. The van der Waals surface area contributed by atoms with Crippen LogP contribution in [0.3, 0.4) is 0 Å². The summed E-state index contributed by atoms with van der Waals surface area (Å²) in [4.78, 5) is 44.8. The van der Waals surface area contributed by atoms with Crippen LogP contribution in [0.2, 0.25) is 5.02 Å². The number of rotatable bonds is 5. The zero-order valence-corrected chi connectivity index (χ0v) is 17.2. The summed E-state index contributed by atoms with van der Waals surface area (Å²) in [7, 11) is 0. The predicted octanol–water partition coefficient (Wildman–Crippen LogP) is 3.78. The predicted molar refractivity (Wildman–Crippen MR) is 117 cm³/mol. The highest BCUT2D eigenvalue weighted by Gasteiger charge is 2.34. The molecule has 0 saturated heterocycles. The second-order valence-electron chi connectivity index (χ2n) is 6.71. The van der Waals surface area contributed by atoms with Crippen LogP contribution in [0.25, 0.3) is 0 Å². The molecule has 0 spiro atoms. The molecule has 2 heterocycles. The minimum Gasteiger partial charge on any atom is -0.326 e. The number of carbonyl (C=O) groups is 2. The zero-order chi connectivity index (χ0) is 21.1. The molecular formula is C21H17ClN4O3S. The number of H-pyrrole nitrogens is 1. The van der Waals surface area contributed by atoms with Crippen LogP contribution in [-0.2, 0) is 15.3 Å². The number of para-hydroxylation sites is 1. The van der Waals surface area contributed by atoms with Gasteiger partial charge in [0.1, 0.15) is 5.82 Å². The van der Waals surface area contributed by atoms with Crippen LogP contribution in [0.5, 0.6) is 0 Å². The summed E-state index contributed by atoms with van der Waals surface area (Å²) in [6, 6.07) is 16.2. The maximum atomic E-state index is 12.8. The number of benzene rings is 2. The van der Waals surface area contributed by atoms with E-state index in [1.54, 1.807) is 36.4 Å². The van der Waals surface area contributed by atoms with E-state index in [9.17, 15) is 14.4 Å². The Hall–Kier alpha value is -3.10. The van der Waals surface area contributed by atoms with Crippen molar-refractivity contribution in [1.29, 1.82) is 0 Å². The summed E-state index contributed by atoms with van der Waals surface area (Å²) in [6.07, 6.45) is -0.117. The molecule has 0 bridgehead atoms. The maximum absolute atomic E-state index is 12.8. The van der Waals surface area contributed by atoms with E-state index in [2.05, 4.69) is 20.6 Å². The Bertz CT molecular complexity index is 1150. The molecule has 2 amide bonds. The van der Waals surface area contributed by atoms with Gasteiger partial charge in [-0.2, -0.15) is 0 Å². The van der Waals surface area contributed by atoms with Gasteiger partial charge in [-0.25, -0.2) is 4.98 Å². The first-order chi connectivity index (χ1) is 14.5. The number of anilines is 2. The van der Waals surface area contributed by atoms with Gasteiger partial charge in [0, 0.05) is 22.9 Å². The van der Waals surface area contributed by atoms with Gasteiger partial charge in [0.15, 0.2) is 5.16 Å². The van der Waals surface area contributed by atoms with Crippen LogP contribution in [0.15, 0.2) is 64.5 Å². The van der Waals surface area contributed by atoms with Crippen LogP contribution in [-0.4, -0.2) is 21.8 Å². The van der Waals surface area contributed by atoms with Gasteiger partial charge in [0.25, 0.3) is 5.56 Å². The fourth-order valence-electron chi connectivity index (χ4n) is 3.13. The Balaban J connectivity index is 1.57. The van der Waals surface area contributed by atoms with E-state index in [0.29, 0.717) is 21.6 Å². The van der Waals surface area contributed by atoms with Gasteiger partial charge < -0.3 is 15.6 Å². The molecule has 4 rings (SSSR count). The Morgan fingerprint density at radius 1 is 1.13 bits per heavy atom. The van der Waals surface area contributed by atoms with Gasteiger partial charge in [-0.1, -0.05) is 53.7 Å². The first kappa shape index (κ1) is 20.2. The number of hydrogen-bond acceptors (Lipinski definition) is 5. The highest BCUT2D eigenvalue weighted by atomic mass is 35.5. The number of carbonyl (C=O) groups excluding carboxylic acids is 2. The lowest BCUT2D eigenvalue weighted by atomic mass is 9.92. The van der Waals surface area contributed by atoms with E-state index in [0.717, 1.165) is 5.56 Å². The third kappa shape index (κ3) is 4.55. The van der Waals surface area contributed by atoms with E-state index >= 15 is 0 Å². The molecule has 30 heavy (non-hydrogen) atoms. The van der Waals surface area contributed by atoms with Crippen molar-refractivity contribution in [2.75, 3.05) is 10.6 Å². The fourth-order valence-corrected chi connectivity index (χ4v) is 4.07. The molecule has 3 aromatic rings. The van der Waals surface area contributed by atoms with Crippen molar-refractivity contribution in [3.8, 4) is 0 Å². The van der Waals surface area contributed by atoms with Crippen molar-refractivity contribution in [1.82, 2.24) is 9.97 Å². The summed E-state index contributed by atoms with van der Waals surface area (Å²) >= 11 is 7.21. The number of amides is 2. The molecule has 0 saturated carbocycles. The van der Waals surface area contributed by atoms with Crippen molar-refractivity contribution >= 4 is 46.7 Å². The minimum absolute atomic E-state index is 0.117. The zero-order valence-electron chi connectivity index (χ0n) is 15.6. The lowest BCUT2D eigenvalue weighted by molar-refractivity contribution is -0.123. The Labute approximate surface area is 181 Å². The Morgan fingerprint density at radius 3 is 2.60 bits per heavy atom. The van der Waals surface area contributed by atoms with Gasteiger partial charge in [-0.15, -0.1) is 0 Å². The van der Waals surface area contributed by atoms with Crippen LogP contribution >= 0.6 is 23.4 Å². The molecule has 152 valence electrons. The Morgan fingerprint density at radius 2 is 1.87 bits per heavy atom. The van der Waals surface area contributed by atoms with Crippen molar-refractivity contribution in [2.45, 2.75) is 23.2 Å². The quantitative estimate of drug-likeness (QED) is 0.413. The number of hydrogen-bond donors (Lipinski definition) is 3. The van der Waals surface area contributed by atoms with Crippen LogP contribution in [0, 0.1) is 0 Å². The van der Waals surface area contributed by atoms with E-state index in [1.807, 2.05) is 18.2 Å².